The summed E-state index contributed by atoms with van der Waals surface area (Å²) in [4.78, 5) is 13.0. The summed E-state index contributed by atoms with van der Waals surface area (Å²) in [6, 6.07) is 6.90. The van der Waals surface area contributed by atoms with Gasteiger partial charge in [0.1, 0.15) is 12.4 Å². The number of guanidine groups is 1. The van der Waals surface area contributed by atoms with Gasteiger partial charge in [0.25, 0.3) is 0 Å². The van der Waals surface area contributed by atoms with Gasteiger partial charge in [-0.25, -0.2) is 9.38 Å². The Bertz CT molecular complexity index is 730. The summed E-state index contributed by atoms with van der Waals surface area (Å²) in [6.07, 6.45) is 0. The zero-order valence-corrected chi connectivity index (χ0v) is 17.3. The Hall–Kier alpha value is -1.91. The molecule has 1 aliphatic heterocycles. The van der Waals surface area contributed by atoms with E-state index in [4.69, 9.17) is 4.52 Å². The molecule has 1 fully saturated rings. The maximum Gasteiger partial charge on any atom is 0.248 e. The number of aliphatic imine (C=N–C) groups is 1. The number of benzene rings is 1. The molecule has 3 rings (SSSR count). The summed E-state index contributed by atoms with van der Waals surface area (Å²) in [7, 11) is 0. The minimum atomic E-state index is -0.178. The number of anilines is 1. The molecule has 2 heterocycles. The van der Waals surface area contributed by atoms with E-state index in [1.54, 1.807) is 13.0 Å². The molecule has 1 aromatic heterocycles. The lowest BCUT2D eigenvalue weighted by Crippen LogP contribution is -2.52. The van der Waals surface area contributed by atoms with E-state index in [9.17, 15) is 4.39 Å². The Balaban J connectivity index is 0.00000243. The van der Waals surface area contributed by atoms with Crippen molar-refractivity contribution < 1.29 is 8.91 Å². The molecule has 9 heteroatoms. The number of hydrogen-bond donors (Lipinski definition) is 1. The molecule has 142 valence electrons. The summed E-state index contributed by atoms with van der Waals surface area (Å²) in [5.74, 6) is 1.74. The van der Waals surface area contributed by atoms with Crippen molar-refractivity contribution in [3.05, 3.63) is 41.8 Å². The van der Waals surface area contributed by atoms with Gasteiger partial charge in [-0.1, -0.05) is 17.3 Å². The lowest BCUT2D eigenvalue weighted by Gasteiger charge is -2.37. The first kappa shape index (κ1) is 20.4. The smallest absolute Gasteiger partial charge is 0.248 e. The standard InChI is InChI=1S/C17H23FN6O.HI/c1-3-19-17(20-12-16-21-13(2)22-25-16)24-10-8-23(9-11-24)15-7-5-4-6-14(15)18;/h4-7H,3,8-12H2,1-2H3,(H,19,20);1H. The fourth-order valence-corrected chi connectivity index (χ4v) is 2.84. The van der Waals surface area contributed by atoms with E-state index in [1.165, 1.54) is 6.07 Å². The molecule has 0 atom stereocenters. The molecule has 1 N–H and O–H groups in total. The van der Waals surface area contributed by atoms with Crippen molar-refractivity contribution in [1.29, 1.82) is 0 Å². The molecule has 0 bridgehead atoms. The van der Waals surface area contributed by atoms with Crippen LogP contribution in [0, 0.1) is 12.7 Å². The summed E-state index contributed by atoms with van der Waals surface area (Å²) >= 11 is 0. The van der Waals surface area contributed by atoms with E-state index in [2.05, 4.69) is 30.2 Å². The average Bonchev–Trinajstić information content (AvgIpc) is 3.05. The van der Waals surface area contributed by atoms with Crippen LogP contribution in [0.3, 0.4) is 0 Å². The lowest BCUT2D eigenvalue weighted by atomic mass is 10.2. The van der Waals surface area contributed by atoms with Crippen LogP contribution in [-0.2, 0) is 6.54 Å². The van der Waals surface area contributed by atoms with Crippen LogP contribution in [0.1, 0.15) is 18.6 Å². The van der Waals surface area contributed by atoms with Crippen LogP contribution in [-0.4, -0.2) is 53.7 Å². The molecule has 1 aliphatic rings. The molecule has 0 spiro atoms. The summed E-state index contributed by atoms with van der Waals surface area (Å²) in [5.41, 5.74) is 0.658. The zero-order chi connectivity index (χ0) is 17.6. The Morgan fingerprint density at radius 3 is 2.62 bits per heavy atom. The number of aryl methyl sites for hydroxylation is 1. The summed E-state index contributed by atoms with van der Waals surface area (Å²) in [6.45, 7) is 7.94. The van der Waals surface area contributed by atoms with Gasteiger partial charge in [-0.2, -0.15) is 4.98 Å². The number of aromatic nitrogens is 2. The van der Waals surface area contributed by atoms with Crippen molar-refractivity contribution in [2.24, 2.45) is 4.99 Å². The number of nitrogens with zero attached hydrogens (tertiary/aromatic N) is 5. The van der Waals surface area contributed by atoms with Gasteiger partial charge in [-0.05, 0) is 26.0 Å². The van der Waals surface area contributed by atoms with E-state index < -0.39 is 0 Å². The Morgan fingerprint density at radius 1 is 1.27 bits per heavy atom. The molecule has 0 aliphatic carbocycles. The van der Waals surface area contributed by atoms with Gasteiger partial charge in [-0.15, -0.1) is 24.0 Å². The maximum absolute atomic E-state index is 13.9. The third-order valence-corrected chi connectivity index (χ3v) is 4.04. The number of halogens is 2. The van der Waals surface area contributed by atoms with Crippen molar-refractivity contribution >= 4 is 35.6 Å². The molecular weight excluding hydrogens is 450 g/mol. The SMILES string of the molecule is CCNC(=NCc1nc(C)no1)N1CCN(c2ccccc2F)CC1.I. The minimum Gasteiger partial charge on any atom is -0.366 e. The van der Waals surface area contributed by atoms with E-state index in [0.717, 1.165) is 38.7 Å². The quantitative estimate of drug-likeness (QED) is 0.417. The molecule has 26 heavy (non-hydrogen) atoms. The third kappa shape index (κ3) is 5.05. The molecular formula is C17H24FIN6O. The van der Waals surface area contributed by atoms with Crippen LogP contribution in [0.4, 0.5) is 10.1 Å². The fraction of sp³-hybridized carbons (Fsp3) is 0.471. The molecule has 2 aromatic rings. The minimum absolute atomic E-state index is 0. The second-order valence-corrected chi connectivity index (χ2v) is 5.83. The van der Waals surface area contributed by atoms with Crippen molar-refractivity contribution in [2.45, 2.75) is 20.4 Å². The number of nitrogens with one attached hydrogen (secondary N) is 1. The zero-order valence-electron chi connectivity index (χ0n) is 15.0. The molecule has 7 nitrogen and oxygen atoms in total. The Kier molecular flexibility index (Phi) is 7.61. The topological polar surface area (TPSA) is 69.8 Å². The first-order valence-corrected chi connectivity index (χ1v) is 8.49. The van der Waals surface area contributed by atoms with Gasteiger partial charge in [0.15, 0.2) is 11.8 Å². The van der Waals surface area contributed by atoms with Crippen LogP contribution in [0.15, 0.2) is 33.8 Å². The monoisotopic (exact) mass is 474 g/mol. The van der Waals surface area contributed by atoms with E-state index in [1.807, 2.05) is 19.1 Å². The molecule has 0 radical (unpaired) electrons. The predicted molar refractivity (Wildman–Crippen MR) is 109 cm³/mol. The number of para-hydroxylation sites is 1. The van der Waals surface area contributed by atoms with Crippen molar-refractivity contribution in [3.63, 3.8) is 0 Å². The second-order valence-electron chi connectivity index (χ2n) is 5.83. The molecule has 1 saturated heterocycles. The third-order valence-electron chi connectivity index (χ3n) is 4.04. The summed E-state index contributed by atoms with van der Waals surface area (Å²) in [5, 5.41) is 7.06. The largest absolute Gasteiger partial charge is 0.366 e. The first-order valence-electron chi connectivity index (χ1n) is 8.49. The van der Waals surface area contributed by atoms with Crippen LogP contribution in [0.25, 0.3) is 0 Å². The normalized spacial score (nSPS) is 15.0. The Morgan fingerprint density at radius 2 is 2.00 bits per heavy atom. The number of rotatable bonds is 4. The van der Waals surface area contributed by atoms with Crippen LogP contribution < -0.4 is 10.2 Å². The second kappa shape index (κ2) is 9.70. The van der Waals surface area contributed by atoms with E-state index >= 15 is 0 Å². The van der Waals surface area contributed by atoms with Crippen LogP contribution >= 0.6 is 24.0 Å². The van der Waals surface area contributed by atoms with Crippen molar-refractivity contribution in [1.82, 2.24) is 20.4 Å². The molecule has 0 amide bonds. The highest BCUT2D eigenvalue weighted by Gasteiger charge is 2.21. The molecule has 0 saturated carbocycles. The highest BCUT2D eigenvalue weighted by Crippen LogP contribution is 2.20. The van der Waals surface area contributed by atoms with Gasteiger partial charge in [0.2, 0.25) is 5.89 Å². The highest BCUT2D eigenvalue weighted by molar-refractivity contribution is 14.0. The average molecular weight is 474 g/mol. The van der Waals surface area contributed by atoms with Crippen LogP contribution in [0.5, 0.6) is 0 Å². The van der Waals surface area contributed by atoms with Gasteiger partial charge in [0, 0.05) is 32.7 Å². The molecule has 0 unspecified atom stereocenters. The van der Waals surface area contributed by atoms with Gasteiger partial charge < -0.3 is 19.6 Å². The number of piperazine rings is 1. The number of hydrogen-bond acceptors (Lipinski definition) is 5. The van der Waals surface area contributed by atoms with Crippen molar-refractivity contribution in [3.8, 4) is 0 Å². The van der Waals surface area contributed by atoms with Gasteiger partial charge in [-0.3, -0.25) is 0 Å². The summed E-state index contributed by atoms with van der Waals surface area (Å²) < 4.78 is 19.1. The highest BCUT2D eigenvalue weighted by atomic mass is 127. The van der Waals surface area contributed by atoms with Crippen molar-refractivity contribution in [2.75, 3.05) is 37.6 Å². The Labute approximate surface area is 169 Å². The van der Waals surface area contributed by atoms with Gasteiger partial charge >= 0.3 is 0 Å². The van der Waals surface area contributed by atoms with Crippen LogP contribution in [0.2, 0.25) is 0 Å². The molecule has 1 aromatic carbocycles. The fourth-order valence-electron chi connectivity index (χ4n) is 2.84. The predicted octanol–water partition coefficient (Wildman–Crippen LogP) is 2.42. The first-order chi connectivity index (χ1) is 12.2. The van der Waals surface area contributed by atoms with E-state index in [0.29, 0.717) is 23.9 Å². The van der Waals surface area contributed by atoms with E-state index in [-0.39, 0.29) is 29.8 Å². The maximum atomic E-state index is 13.9. The lowest BCUT2D eigenvalue weighted by molar-refractivity contribution is 0.362. The van der Waals surface area contributed by atoms with Gasteiger partial charge in [0.05, 0.1) is 5.69 Å².